The minimum absolute atomic E-state index is 0. The van der Waals surface area contributed by atoms with Crippen LogP contribution >= 0.6 is 23.4 Å². The molecule has 3 rings (SSSR count). The molecule has 0 spiro atoms. The molecule has 0 aliphatic carbocycles. The van der Waals surface area contributed by atoms with Crippen molar-refractivity contribution < 1.29 is 17.9 Å². The number of fused-ring (bicyclic) bond motifs is 1. The average Bonchev–Trinajstić information content (AvgIpc) is 2.76. The molecule has 0 radical (unpaired) electrons. The number of nitrogens with zero attached hydrogens (tertiary/aromatic N) is 2. The summed E-state index contributed by atoms with van der Waals surface area (Å²) in [6.07, 6.45) is 3.40. The van der Waals surface area contributed by atoms with Crippen LogP contribution in [0.5, 0.6) is 0 Å². The van der Waals surface area contributed by atoms with Crippen LogP contribution < -0.4 is 14.3 Å². The van der Waals surface area contributed by atoms with Gasteiger partial charge in [0.25, 0.3) is 0 Å². The molecule has 1 heterocycles. The van der Waals surface area contributed by atoms with Gasteiger partial charge in [-0.3, -0.25) is 9.11 Å². The Morgan fingerprint density at radius 2 is 1.68 bits per heavy atom. The zero-order chi connectivity index (χ0) is 17.3. The summed E-state index contributed by atoms with van der Waals surface area (Å²) in [7, 11) is -3.54. The summed E-state index contributed by atoms with van der Waals surface area (Å²) in [6, 6.07) is 9.80. The van der Waals surface area contributed by atoms with Crippen molar-refractivity contribution >= 4 is 40.4 Å². The van der Waals surface area contributed by atoms with Crippen LogP contribution in [0.2, 0.25) is 0 Å². The molecule has 0 fully saturated rings. The number of halogens is 3. The van der Waals surface area contributed by atoms with E-state index in [0.29, 0.717) is 24.0 Å². The molecule has 2 aromatic carbocycles. The van der Waals surface area contributed by atoms with Gasteiger partial charge >= 0.3 is 0 Å². The number of nitrogens with two attached hydrogens (primary N) is 1. The summed E-state index contributed by atoms with van der Waals surface area (Å²) in [5.41, 5.74) is 6.28. The predicted octanol–water partition coefficient (Wildman–Crippen LogP) is 4.44. The van der Waals surface area contributed by atoms with Crippen LogP contribution in [0.1, 0.15) is 0 Å². The van der Waals surface area contributed by atoms with Crippen molar-refractivity contribution in [1.82, 2.24) is 0 Å². The standard InChI is InChI=1S/C16H17F2N3O2S.ClH/c17-12-7-8-14(13(18)11-12)21-16-6-2-1-5-15(16)20(24(21,22)23)10-4-3-9-19;/h1-8,11,22-23H,9-10,19H2;1H/b4-3+;. The molecule has 0 bridgehead atoms. The van der Waals surface area contributed by atoms with E-state index in [-0.39, 0.29) is 24.6 Å². The lowest BCUT2D eigenvalue weighted by Crippen LogP contribution is -2.31. The molecule has 1 aliphatic heterocycles. The molecular formula is C16H18ClF2N3O2S. The second-order valence-electron chi connectivity index (χ2n) is 5.14. The van der Waals surface area contributed by atoms with Gasteiger partial charge in [-0.2, -0.15) is 0 Å². The summed E-state index contributed by atoms with van der Waals surface area (Å²) in [5, 5.41) is 0. The third-order valence-corrected chi connectivity index (χ3v) is 5.43. The Hall–Kier alpha value is -1.84. The Bertz CT molecular complexity index is 792. The lowest BCUT2D eigenvalue weighted by molar-refractivity contribution is 0.485. The Morgan fingerprint density at radius 1 is 1.00 bits per heavy atom. The molecule has 0 saturated heterocycles. The highest BCUT2D eigenvalue weighted by Crippen LogP contribution is 2.64. The first-order chi connectivity index (χ1) is 11.5. The largest absolute Gasteiger partial charge is 0.327 e. The maximum atomic E-state index is 14.2. The third-order valence-electron chi connectivity index (χ3n) is 3.61. The number of benzene rings is 2. The maximum Gasteiger partial charge on any atom is 0.151 e. The van der Waals surface area contributed by atoms with E-state index in [1.807, 2.05) is 0 Å². The van der Waals surface area contributed by atoms with E-state index in [2.05, 4.69) is 0 Å². The summed E-state index contributed by atoms with van der Waals surface area (Å²) >= 11 is 0. The third kappa shape index (κ3) is 3.44. The van der Waals surface area contributed by atoms with Crippen LogP contribution in [0, 0.1) is 11.6 Å². The highest BCUT2D eigenvalue weighted by molar-refractivity contribution is 8.27. The van der Waals surface area contributed by atoms with Crippen molar-refractivity contribution in [3.05, 3.63) is 66.3 Å². The van der Waals surface area contributed by atoms with Gasteiger partial charge in [-0.25, -0.2) is 17.4 Å². The minimum Gasteiger partial charge on any atom is -0.327 e. The van der Waals surface area contributed by atoms with Crippen molar-refractivity contribution in [2.45, 2.75) is 0 Å². The molecule has 2 aromatic rings. The molecule has 0 saturated carbocycles. The smallest absolute Gasteiger partial charge is 0.151 e. The molecule has 0 unspecified atom stereocenters. The van der Waals surface area contributed by atoms with Crippen molar-refractivity contribution in [2.24, 2.45) is 5.73 Å². The Kier molecular flexibility index (Phi) is 5.91. The van der Waals surface area contributed by atoms with Gasteiger partial charge in [-0.05, 0) is 35.2 Å². The molecule has 5 nitrogen and oxygen atoms in total. The quantitative estimate of drug-likeness (QED) is 0.674. The summed E-state index contributed by atoms with van der Waals surface area (Å²) in [4.78, 5) is 0. The fourth-order valence-corrected chi connectivity index (χ4v) is 4.31. The Balaban J connectivity index is 0.00000225. The van der Waals surface area contributed by atoms with Crippen molar-refractivity contribution in [3.63, 3.8) is 0 Å². The zero-order valence-electron chi connectivity index (χ0n) is 13.0. The van der Waals surface area contributed by atoms with Gasteiger partial charge < -0.3 is 5.73 Å². The summed E-state index contributed by atoms with van der Waals surface area (Å²) < 4.78 is 51.4. The predicted molar refractivity (Wildman–Crippen MR) is 101 cm³/mol. The van der Waals surface area contributed by atoms with Gasteiger partial charge in [0.2, 0.25) is 0 Å². The van der Waals surface area contributed by atoms with E-state index in [1.54, 1.807) is 36.4 Å². The van der Waals surface area contributed by atoms with Gasteiger partial charge in [-0.15, -0.1) is 12.4 Å². The molecule has 0 atom stereocenters. The fraction of sp³-hybridized carbons (Fsp3) is 0.125. The highest BCUT2D eigenvalue weighted by atomic mass is 35.5. The summed E-state index contributed by atoms with van der Waals surface area (Å²) in [5.74, 6) is -1.60. The van der Waals surface area contributed by atoms with Crippen LogP contribution in [0.25, 0.3) is 0 Å². The second kappa shape index (κ2) is 7.59. The lowest BCUT2D eigenvalue weighted by atomic mass is 10.2. The molecule has 0 amide bonds. The number of hydrogen-bond acceptors (Lipinski definition) is 5. The number of hydrogen-bond donors (Lipinski definition) is 3. The molecule has 1 aliphatic rings. The van der Waals surface area contributed by atoms with Gasteiger partial charge in [0, 0.05) is 12.6 Å². The van der Waals surface area contributed by atoms with E-state index in [1.165, 1.54) is 10.4 Å². The first kappa shape index (κ1) is 19.5. The van der Waals surface area contributed by atoms with Crippen molar-refractivity contribution in [1.29, 1.82) is 0 Å². The van der Waals surface area contributed by atoms with Crippen LogP contribution in [0.15, 0.2) is 54.6 Å². The molecule has 9 heteroatoms. The van der Waals surface area contributed by atoms with E-state index in [4.69, 9.17) is 5.73 Å². The van der Waals surface area contributed by atoms with Crippen LogP contribution in [-0.2, 0) is 0 Å². The molecule has 4 N–H and O–H groups in total. The molecule has 0 aromatic heterocycles. The van der Waals surface area contributed by atoms with Gasteiger partial charge in [0.15, 0.2) is 5.82 Å². The van der Waals surface area contributed by atoms with Gasteiger partial charge in [0.05, 0.1) is 17.9 Å². The maximum absolute atomic E-state index is 14.2. The monoisotopic (exact) mass is 389 g/mol. The zero-order valence-corrected chi connectivity index (χ0v) is 14.7. The van der Waals surface area contributed by atoms with Crippen LogP contribution in [0.3, 0.4) is 0 Å². The van der Waals surface area contributed by atoms with E-state index in [9.17, 15) is 17.9 Å². The summed E-state index contributed by atoms with van der Waals surface area (Å²) in [6.45, 7) is 0.515. The van der Waals surface area contributed by atoms with Crippen LogP contribution in [-0.4, -0.2) is 22.2 Å². The van der Waals surface area contributed by atoms with Crippen LogP contribution in [0.4, 0.5) is 25.8 Å². The van der Waals surface area contributed by atoms with Gasteiger partial charge in [-0.1, -0.05) is 24.3 Å². The minimum atomic E-state index is -3.54. The Labute approximate surface area is 152 Å². The average molecular weight is 390 g/mol. The first-order valence-electron chi connectivity index (χ1n) is 7.22. The molecule has 136 valence electrons. The van der Waals surface area contributed by atoms with E-state index >= 15 is 0 Å². The van der Waals surface area contributed by atoms with E-state index < -0.39 is 22.6 Å². The SMILES string of the molecule is Cl.NC/C=C/CN1c2ccccc2N(c2ccc(F)cc2F)S1(O)O. The fourth-order valence-electron chi connectivity index (χ4n) is 2.58. The molecule has 25 heavy (non-hydrogen) atoms. The number of rotatable bonds is 4. The first-order valence-corrected chi connectivity index (χ1v) is 8.68. The van der Waals surface area contributed by atoms with Crippen molar-refractivity contribution in [3.8, 4) is 0 Å². The highest BCUT2D eigenvalue weighted by Gasteiger charge is 2.42. The molecular weight excluding hydrogens is 372 g/mol. The van der Waals surface area contributed by atoms with E-state index in [0.717, 1.165) is 10.4 Å². The number of para-hydroxylation sites is 2. The normalized spacial score (nSPS) is 16.7. The lowest BCUT2D eigenvalue weighted by Gasteiger charge is -2.43. The Morgan fingerprint density at radius 3 is 2.32 bits per heavy atom. The topological polar surface area (TPSA) is 73.0 Å². The number of anilines is 3. The second-order valence-corrected chi connectivity index (χ2v) is 6.92. The van der Waals surface area contributed by atoms with Crippen molar-refractivity contribution in [2.75, 3.05) is 21.7 Å². The van der Waals surface area contributed by atoms with Gasteiger partial charge in [0.1, 0.15) is 11.5 Å².